The first kappa shape index (κ1) is 96.7. The van der Waals surface area contributed by atoms with Crippen LogP contribution in [-0.4, -0.2) is 190 Å². The van der Waals surface area contributed by atoms with Crippen molar-refractivity contribution in [1.29, 1.82) is 0 Å². The molecular formula is C98H116F4N4O24. The van der Waals surface area contributed by atoms with Gasteiger partial charge in [0.25, 0.3) is 0 Å². The molecular weight excluding hydrogens is 1690 g/mol. The molecule has 0 saturated carbocycles. The van der Waals surface area contributed by atoms with Gasteiger partial charge in [0.15, 0.2) is 92.4 Å². The molecule has 16 rings (SSSR count). The Morgan fingerprint density at radius 3 is 0.985 bits per heavy atom. The van der Waals surface area contributed by atoms with E-state index in [1.807, 2.05) is 65.8 Å². The van der Waals surface area contributed by atoms with Gasteiger partial charge in [0, 0.05) is 157 Å². The largest absolute Gasteiger partial charge is 0.493 e. The summed E-state index contributed by atoms with van der Waals surface area (Å²) in [6.07, 6.45) is 8.73. The Balaban J connectivity index is 0.000000148. The van der Waals surface area contributed by atoms with E-state index in [0.29, 0.717) is 180 Å². The van der Waals surface area contributed by atoms with Gasteiger partial charge in [-0.1, -0.05) is 41.5 Å². The number of ketones is 4. The number of aromatic nitrogens is 4. The lowest BCUT2D eigenvalue weighted by Crippen LogP contribution is -2.45. The Hall–Kier alpha value is -10.8. The van der Waals surface area contributed by atoms with Gasteiger partial charge >= 0.3 is 0 Å². The number of rotatable bonds is 28. The summed E-state index contributed by atoms with van der Waals surface area (Å²) < 4.78 is 160. The summed E-state index contributed by atoms with van der Waals surface area (Å²) in [5.74, 6) is -2.02. The number of carbonyl (C=O) groups is 4. The van der Waals surface area contributed by atoms with Gasteiger partial charge in [0.2, 0.25) is 21.7 Å². The maximum absolute atomic E-state index is 15.6. The van der Waals surface area contributed by atoms with Crippen LogP contribution in [0.1, 0.15) is 227 Å². The number of benzene rings is 4. The Kier molecular flexibility index (Phi) is 29.2. The number of fused-ring (bicyclic) bond motifs is 24. The van der Waals surface area contributed by atoms with Gasteiger partial charge < -0.3 is 94.1 Å². The molecule has 0 aliphatic carbocycles. The van der Waals surface area contributed by atoms with Crippen LogP contribution < -0.4 is 59.6 Å². The van der Waals surface area contributed by atoms with Gasteiger partial charge in [0.1, 0.15) is 12.2 Å². The molecule has 0 N–H and O–H groups in total. The molecule has 700 valence electrons. The van der Waals surface area contributed by atoms with Crippen molar-refractivity contribution in [3.05, 3.63) is 182 Å². The van der Waals surface area contributed by atoms with E-state index >= 15 is 17.6 Å². The number of halogens is 4. The first-order valence-corrected chi connectivity index (χ1v) is 43.5. The number of hydrogen-bond acceptors (Lipinski definition) is 24. The molecule has 32 heteroatoms. The summed E-state index contributed by atoms with van der Waals surface area (Å²) in [7, 11) is 12.6. The highest BCUT2D eigenvalue weighted by atomic mass is 19.1. The highest BCUT2D eigenvalue weighted by Gasteiger charge is 2.54. The minimum Gasteiger partial charge on any atom is -0.493 e. The SMILES string of the molecule is COCCCOc1cc2c(cc1OC)-c1c(F)c(=O)c(C(C)=O)cn1[C@H]1[C@@H]2COC1(C)C.COCCCOc1cc2c(cc1OC)-c1c(F)c(=O)c(C(C)=O)cn1[C@H]1[C@@H]2COCC1(C)C.COCCCOc1cc2c(cc1OC)-c1c(F)c(=O)c(C(C)=O)cn1[C@H]1[C@@H]2OCC1(C)C.COCCCOc1cc2c(cc1OC)-c1c(F)c(=O)c(C(C)=O)cn1[C@H]1[C@@H]2OCCC1(C)C. The van der Waals surface area contributed by atoms with E-state index in [0.717, 1.165) is 28.7 Å². The highest BCUT2D eigenvalue weighted by Crippen LogP contribution is 2.61. The maximum atomic E-state index is 15.6. The molecule has 12 heterocycles. The predicted octanol–water partition coefficient (Wildman–Crippen LogP) is 16.0. The van der Waals surface area contributed by atoms with E-state index in [1.54, 1.807) is 71.0 Å². The van der Waals surface area contributed by atoms with Crippen LogP contribution in [0, 0.1) is 39.5 Å². The lowest BCUT2D eigenvalue weighted by Gasteiger charge is -2.49. The third kappa shape index (κ3) is 18.1. The fourth-order valence-electron chi connectivity index (χ4n) is 19.5. The minimum atomic E-state index is -0.948. The van der Waals surface area contributed by atoms with Crippen molar-refractivity contribution < 1.29 is 113 Å². The summed E-state index contributed by atoms with van der Waals surface area (Å²) in [5.41, 5.74) is -0.0486. The number of nitrogens with zero attached hydrogens (tertiary/aromatic N) is 4. The average molecular weight is 1810 g/mol. The molecule has 28 nitrogen and oxygen atoms in total. The molecule has 8 aliphatic rings. The van der Waals surface area contributed by atoms with Crippen molar-refractivity contribution in [1.82, 2.24) is 18.3 Å². The lowest BCUT2D eigenvalue weighted by molar-refractivity contribution is -0.0859. The number of hydrogen-bond donors (Lipinski definition) is 0. The highest BCUT2D eigenvalue weighted by molar-refractivity contribution is 5.96. The van der Waals surface area contributed by atoms with Crippen molar-refractivity contribution in [3.8, 4) is 91.0 Å². The maximum Gasteiger partial charge on any atom is 0.228 e. The fourth-order valence-corrected chi connectivity index (χ4v) is 19.5. The van der Waals surface area contributed by atoms with Gasteiger partial charge in [0.05, 0.1) is 156 Å². The summed E-state index contributed by atoms with van der Waals surface area (Å²) >= 11 is 0. The summed E-state index contributed by atoms with van der Waals surface area (Å²) in [5, 5.41) is 0. The van der Waals surface area contributed by atoms with Crippen LogP contribution in [0.2, 0.25) is 0 Å². The van der Waals surface area contributed by atoms with Crippen LogP contribution in [0.5, 0.6) is 46.0 Å². The van der Waals surface area contributed by atoms with Crippen molar-refractivity contribution in [3.63, 3.8) is 0 Å². The summed E-state index contributed by atoms with van der Waals surface area (Å²) in [6, 6.07) is 13.0. The van der Waals surface area contributed by atoms with Crippen LogP contribution in [0.25, 0.3) is 45.0 Å². The molecule has 0 amide bonds. The van der Waals surface area contributed by atoms with E-state index < -0.39 is 79.8 Å². The van der Waals surface area contributed by atoms with E-state index in [2.05, 4.69) is 13.8 Å². The summed E-state index contributed by atoms with van der Waals surface area (Å²) in [4.78, 5) is 99.1. The van der Waals surface area contributed by atoms with Crippen LogP contribution in [0.15, 0.2) is 92.5 Å². The molecule has 0 radical (unpaired) electrons. The molecule has 0 bridgehead atoms. The van der Waals surface area contributed by atoms with E-state index in [9.17, 15) is 38.4 Å². The van der Waals surface area contributed by atoms with Crippen molar-refractivity contribution in [2.24, 2.45) is 16.2 Å². The number of methoxy groups -OCH3 is 8. The third-order valence-electron chi connectivity index (χ3n) is 25.7. The molecule has 4 saturated heterocycles. The lowest BCUT2D eigenvalue weighted by atomic mass is 9.70. The first-order valence-electron chi connectivity index (χ1n) is 43.5. The number of ether oxygens (including phenoxy) is 16. The topological polar surface area (TPSA) is 304 Å². The number of carbonyl (C=O) groups excluding carboxylic acids is 4. The van der Waals surface area contributed by atoms with Gasteiger partial charge in [-0.25, -0.2) is 17.6 Å². The van der Waals surface area contributed by atoms with Crippen molar-refractivity contribution in [2.75, 3.05) is 143 Å². The monoisotopic (exact) mass is 1810 g/mol. The van der Waals surface area contributed by atoms with Crippen molar-refractivity contribution >= 4 is 23.1 Å². The van der Waals surface area contributed by atoms with Crippen LogP contribution >= 0.6 is 0 Å². The third-order valence-corrected chi connectivity index (χ3v) is 25.7. The van der Waals surface area contributed by atoms with E-state index in [-0.39, 0.29) is 103 Å². The molecule has 4 aromatic carbocycles. The molecule has 0 spiro atoms. The molecule has 8 aliphatic heterocycles. The Morgan fingerprint density at radius 2 is 0.654 bits per heavy atom. The van der Waals surface area contributed by atoms with E-state index in [4.69, 9.17) is 75.8 Å². The molecule has 8 atom stereocenters. The zero-order chi connectivity index (χ0) is 94.2. The fraction of sp³-hybridized carbons (Fsp3) is 0.510. The second-order valence-electron chi connectivity index (χ2n) is 36.3. The summed E-state index contributed by atoms with van der Waals surface area (Å²) in [6.45, 7) is 27.6. The zero-order valence-corrected chi connectivity index (χ0v) is 77.4. The predicted molar refractivity (Wildman–Crippen MR) is 474 cm³/mol. The normalized spacial score (nSPS) is 20.4. The van der Waals surface area contributed by atoms with Crippen LogP contribution in [0.4, 0.5) is 17.6 Å². The smallest absolute Gasteiger partial charge is 0.228 e. The van der Waals surface area contributed by atoms with Gasteiger partial charge in [-0.2, -0.15) is 0 Å². The Morgan fingerprint density at radius 1 is 0.362 bits per heavy atom. The Labute approximate surface area is 751 Å². The van der Waals surface area contributed by atoms with Crippen LogP contribution in [0.3, 0.4) is 0 Å². The molecule has 8 aromatic rings. The first-order chi connectivity index (χ1) is 61.8. The molecule has 0 unspecified atom stereocenters. The number of Topliss-reactive ketones (excluding diaryl/α,β-unsaturated/α-hetero) is 4. The second kappa shape index (κ2) is 39.3. The standard InChI is InChI=1S/2C25H30FNO6.2C24H28FNO6/c1-14(28)17-13-27-21(20(26)22(17)29)15-11-18(31-5)19(32-9-6-8-30-4)12-16(15)23-24(27)25(2,3)7-10-33-23;1-14(28)17-11-27-22(21(26)23(17)29)16-10-19(31-5)20(33-8-6-7-30-4)9-15(16)18-12-32-13-25(2,3)24(18)27;1-13(27)16-11-26-21(20(25)22(16)28)15-10-18(30-5)19(31-8-6-7-29-4)9-14(15)17-12-32-24(2,3)23(17)26;1-13(27)16-11-26-20(19(25)21(16)28)14-9-17(30-5)18(31-8-6-7-29-4)10-15(14)22-23(26)24(2,3)12-32-22/h11-13,23-24H,6-10H2,1-5H3;9-11,18,24H,6-8,12-13H2,1-5H3;9-11,17,23H,6-8,12H2,1-5H3;9-11,22-23H,6-8,12H2,1-5H3/t23-,24+;18-,24+;17-,23+;22-,23+/m1111/s1. The molecule has 4 fully saturated rings. The number of pyridine rings is 4. The zero-order valence-electron chi connectivity index (χ0n) is 77.4. The van der Waals surface area contributed by atoms with E-state index in [1.165, 1.54) is 80.9 Å². The van der Waals surface area contributed by atoms with Crippen molar-refractivity contribution in [2.45, 2.75) is 169 Å². The Bertz CT molecular complexity index is 5590. The minimum absolute atomic E-state index is 0.110. The quantitative estimate of drug-likeness (QED) is 0.0250. The van der Waals surface area contributed by atoms with Gasteiger partial charge in [-0.15, -0.1) is 0 Å². The second-order valence-corrected chi connectivity index (χ2v) is 36.3. The van der Waals surface area contributed by atoms with Gasteiger partial charge in [-0.3, -0.25) is 38.4 Å². The average Bonchev–Trinajstić information content (AvgIpc) is 1.02. The van der Waals surface area contributed by atoms with Crippen LogP contribution in [-0.2, 0) is 37.9 Å². The molecule has 130 heavy (non-hydrogen) atoms. The van der Waals surface area contributed by atoms with Gasteiger partial charge in [-0.05, 0) is 124 Å². The molecule has 4 aromatic heterocycles.